The second-order valence-electron chi connectivity index (χ2n) is 14.0. The fraction of sp³-hybridized carbons (Fsp3) is 0.478. The Labute approximate surface area is 340 Å². The zero-order valence-electron chi connectivity index (χ0n) is 32.8. The van der Waals surface area contributed by atoms with Gasteiger partial charge in [0.1, 0.15) is 5.75 Å². The average molecular weight is 791 g/mol. The van der Waals surface area contributed by atoms with Gasteiger partial charge in [-0.3, -0.25) is 19.4 Å². The summed E-state index contributed by atoms with van der Waals surface area (Å²) in [5.74, 6) is 0.356. The average Bonchev–Trinajstić information content (AvgIpc) is 3.19. The predicted molar refractivity (Wildman–Crippen MR) is 231 cm³/mol. The zero-order valence-corrected chi connectivity index (χ0v) is 34.3. The van der Waals surface area contributed by atoms with Crippen LogP contribution in [-0.4, -0.2) is 62.8 Å². The van der Waals surface area contributed by atoms with Crippen molar-refractivity contribution in [3.63, 3.8) is 0 Å². The van der Waals surface area contributed by atoms with Gasteiger partial charge in [0, 0.05) is 45.1 Å². The highest BCUT2D eigenvalue weighted by molar-refractivity contribution is 6.43. The minimum Gasteiger partial charge on any atom is -0.494 e. The van der Waals surface area contributed by atoms with Crippen LogP contribution in [0.4, 0.5) is 11.4 Å². The Morgan fingerprint density at radius 2 is 1.42 bits per heavy atom. The van der Waals surface area contributed by atoms with E-state index in [0.29, 0.717) is 35.9 Å². The van der Waals surface area contributed by atoms with Gasteiger partial charge in [-0.05, 0) is 94.5 Å². The Morgan fingerprint density at radius 1 is 0.745 bits per heavy atom. The zero-order chi connectivity index (χ0) is 38.9. The SMILES string of the molecule is CCCCCC=CCC=CCC=CCC=CCC=CCCC(=O)OCN1C(=O)CCc2ccc(OCCCCN3CCN(c4cccc(Cl)c4Cl)CC3)cc21. The number of anilines is 2. The van der Waals surface area contributed by atoms with Crippen LogP contribution in [0.15, 0.2) is 97.2 Å². The van der Waals surface area contributed by atoms with Crippen molar-refractivity contribution in [1.29, 1.82) is 0 Å². The molecule has 1 amide bonds. The Bertz CT molecular complexity index is 1610. The van der Waals surface area contributed by atoms with Crippen LogP contribution in [0.2, 0.25) is 10.0 Å². The number of rotatable bonds is 24. The summed E-state index contributed by atoms with van der Waals surface area (Å²) in [5.41, 5.74) is 2.82. The number of piperazine rings is 1. The Kier molecular flexibility index (Phi) is 20.9. The van der Waals surface area contributed by atoms with Crippen LogP contribution in [0.1, 0.15) is 96.0 Å². The third-order valence-corrected chi connectivity index (χ3v) is 10.6. The van der Waals surface area contributed by atoms with E-state index in [9.17, 15) is 9.59 Å². The number of carbonyl (C=O) groups excluding carboxylic acids is 2. The topological polar surface area (TPSA) is 62.3 Å². The van der Waals surface area contributed by atoms with Crippen molar-refractivity contribution in [2.75, 3.05) is 55.9 Å². The fourth-order valence-corrected chi connectivity index (χ4v) is 6.98. The van der Waals surface area contributed by atoms with E-state index < -0.39 is 0 Å². The maximum absolute atomic E-state index is 12.9. The van der Waals surface area contributed by atoms with Gasteiger partial charge >= 0.3 is 5.97 Å². The lowest BCUT2D eigenvalue weighted by atomic mass is 10.0. The number of allylic oxidation sites excluding steroid dienone is 10. The highest BCUT2D eigenvalue weighted by atomic mass is 35.5. The molecule has 55 heavy (non-hydrogen) atoms. The molecule has 7 nitrogen and oxygen atoms in total. The molecule has 0 spiro atoms. The van der Waals surface area contributed by atoms with E-state index in [1.165, 1.54) is 25.7 Å². The van der Waals surface area contributed by atoms with Crippen LogP contribution in [-0.2, 0) is 20.7 Å². The summed E-state index contributed by atoms with van der Waals surface area (Å²) in [4.78, 5) is 31.7. The van der Waals surface area contributed by atoms with Gasteiger partial charge in [-0.25, -0.2) is 0 Å². The van der Waals surface area contributed by atoms with Gasteiger partial charge in [0.15, 0.2) is 6.73 Å². The van der Waals surface area contributed by atoms with Gasteiger partial charge in [0.25, 0.3) is 0 Å². The van der Waals surface area contributed by atoms with Crippen molar-refractivity contribution in [3.05, 3.63) is 113 Å². The largest absolute Gasteiger partial charge is 0.494 e. The first-order chi connectivity index (χ1) is 27.0. The first-order valence-corrected chi connectivity index (χ1v) is 21.1. The first-order valence-electron chi connectivity index (χ1n) is 20.3. The van der Waals surface area contributed by atoms with Crippen molar-refractivity contribution in [3.8, 4) is 5.75 Å². The number of unbranched alkanes of at least 4 members (excludes halogenated alkanes) is 4. The number of hydrogen-bond donors (Lipinski definition) is 0. The number of halogens is 2. The molecular weight excluding hydrogens is 729 g/mol. The maximum atomic E-state index is 12.9. The van der Waals surface area contributed by atoms with Crippen LogP contribution in [0.3, 0.4) is 0 Å². The second-order valence-corrected chi connectivity index (χ2v) is 14.8. The van der Waals surface area contributed by atoms with E-state index in [-0.39, 0.29) is 25.0 Å². The predicted octanol–water partition coefficient (Wildman–Crippen LogP) is 11.5. The molecule has 1 fully saturated rings. The van der Waals surface area contributed by atoms with Crippen molar-refractivity contribution in [2.45, 2.75) is 96.8 Å². The molecule has 1 saturated heterocycles. The summed E-state index contributed by atoms with van der Waals surface area (Å²) in [6.45, 7) is 7.55. The summed E-state index contributed by atoms with van der Waals surface area (Å²) in [7, 11) is 0. The number of benzene rings is 2. The van der Waals surface area contributed by atoms with Crippen LogP contribution >= 0.6 is 23.2 Å². The lowest BCUT2D eigenvalue weighted by molar-refractivity contribution is -0.144. The molecule has 4 rings (SSSR count). The molecule has 0 unspecified atom stereocenters. The van der Waals surface area contributed by atoms with E-state index in [2.05, 4.69) is 71.4 Å². The molecule has 0 atom stereocenters. The smallest absolute Gasteiger partial charge is 0.307 e. The van der Waals surface area contributed by atoms with Gasteiger partial charge in [0.2, 0.25) is 5.91 Å². The van der Waals surface area contributed by atoms with Crippen molar-refractivity contribution >= 4 is 46.5 Å². The number of ether oxygens (including phenoxy) is 2. The summed E-state index contributed by atoms with van der Waals surface area (Å²) < 4.78 is 11.6. The molecule has 0 bridgehead atoms. The van der Waals surface area contributed by atoms with Gasteiger partial charge in [0.05, 0.1) is 28.0 Å². The fourth-order valence-electron chi connectivity index (χ4n) is 6.57. The number of nitrogens with zero attached hydrogens (tertiary/aromatic N) is 3. The third-order valence-electron chi connectivity index (χ3n) is 9.80. The Morgan fingerprint density at radius 3 is 2.11 bits per heavy atom. The van der Waals surface area contributed by atoms with Crippen molar-refractivity contribution in [1.82, 2.24) is 4.90 Å². The normalized spacial score (nSPS) is 15.4. The minimum atomic E-state index is -0.315. The summed E-state index contributed by atoms with van der Waals surface area (Å²) in [5, 5.41) is 1.21. The molecule has 2 heterocycles. The van der Waals surface area contributed by atoms with E-state index in [0.717, 1.165) is 93.9 Å². The molecule has 2 aromatic carbocycles. The third kappa shape index (κ3) is 16.5. The van der Waals surface area contributed by atoms with Gasteiger partial charge in [-0.1, -0.05) is 116 Å². The van der Waals surface area contributed by atoms with Crippen LogP contribution in [0.5, 0.6) is 5.75 Å². The van der Waals surface area contributed by atoms with E-state index in [1.54, 1.807) is 4.90 Å². The van der Waals surface area contributed by atoms with Crippen LogP contribution < -0.4 is 14.5 Å². The quantitative estimate of drug-likeness (QED) is 0.0600. The summed E-state index contributed by atoms with van der Waals surface area (Å²) >= 11 is 12.6. The molecule has 0 radical (unpaired) electrons. The van der Waals surface area contributed by atoms with E-state index in [1.807, 2.05) is 42.5 Å². The number of aryl methyl sites for hydroxylation is 1. The van der Waals surface area contributed by atoms with Crippen LogP contribution in [0, 0.1) is 0 Å². The molecule has 9 heteroatoms. The molecule has 0 N–H and O–H groups in total. The number of carbonyl (C=O) groups is 2. The van der Waals surface area contributed by atoms with Crippen LogP contribution in [0.25, 0.3) is 0 Å². The van der Waals surface area contributed by atoms with E-state index in [4.69, 9.17) is 32.7 Å². The summed E-state index contributed by atoms with van der Waals surface area (Å²) in [6.07, 6.45) is 34.4. The molecule has 0 saturated carbocycles. The standard InChI is InChI=1S/C46H61Cl2N3O4/c1-2-3-4-5-6-7-8-9-10-11-12-13-14-15-16-17-18-19-20-26-45(53)55-38-51-43-37-40(29-27-39(43)28-30-44(51)52)54-36-22-21-31-49-32-34-50(35-33-49)42-25-23-24-41(47)46(42)48/h6-7,9-10,12-13,15-16,18-19,23-25,27,29,37H,2-5,8,11,14,17,20-22,26,28,30-36,38H2,1H3. The van der Waals surface area contributed by atoms with Crippen molar-refractivity contribution < 1.29 is 19.1 Å². The lowest BCUT2D eigenvalue weighted by Crippen LogP contribution is -2.46. The highest BCUT2D eigenvalue weighted by Crippen LogP contribution is 2.33. The monoisotopic (exact) mass is 789 g/mol. The summed E-state index contributed by atoms with van der Waals surface area (Å²) in [6, 6.07) is 11.7. The van der Waals surface area contributed by atoms with Gasteiger partial charge in [-0.2, -0.15) is 0 Å². The molecule has 2 aromatic rings. The van der Waals surface area contributed by atoms with E-state index >= 15 is 0 Å². The Hall–Kier alpha value is -3.78. The molecular formula is C46H61Cl2N3O4. The molecule has 2 aliphatic heterocycles. The first kappa shape index (κ1) is 43.9. The molecule has 2 aliphatic rings. The highest BCUT2D eigenvalue weighted by Gasteiger charge is 2.26. The molecule has 298 valence electrons. The van der Waals surface area contributed by atoms with Crippen molar-refractivity contribution in [2.24, 2.45) is 0 Å². The number of esters is 1. The van der Waals surface area contributed by atoms with Gasteiger partial charge in [-0.15, -0.1) is 0 Å². The van der Waals surface area contributed by atoms with Gasteiger partial charge < -0.3 is 14.4 Å². The molecule has 0 aromatic heterocycles. The lowest BCUT2D eigenvalue weighted by Gasteiger charge is -2.36. The molecule has 0 aliphatic carbocycles. The number of hydrogen-bond acceptors (Lipinski definition) is 6. The minimum absolute atomic E-state index is 0.0471. The number of fused-ring (bicyclic) bond motifs is 1. The maximum Gasteiger partial charge on any atom is 0.307 e. The Balaban J connectivity index is 1.06. The number of amides is 1. The second kappa shape index (κ2) is 26.1.